The van der Waals surface area contributed by atoms with E-state index in [-0.39, 0.29) is 70.8 Å². The predicted molar refractivity (Wildman–Crippen MR) is 163 cm³/mol. The normalized spacial score (nSPS) is 42.5. The third-order valence-corrected chi connectivity index (χ3v) is 13.6. The van der Waals surface area contributed by atoms with Gasteiger partial charge in [0, 0.05) is 26.1 Å². The maximum absolute atomic E-state index is 13.2. The van der Waals surface area contributed by atoms with E-state index in [0.29, 0.717) is 32.4 Å². The molecule has 0 aromatic carbocycles. The largest absolute Gasteiger partial charge is 0.393 e. The van der Waals surface area contributed by atoms with E-state index >= 15 is 0 Å². The molecule has 42 heavy (non-hydrogen) atoms. The molecule has 244 valence electrons. The van der Waals surface area contributed by atoms with Crippen LogP contribution in [-0.2, 0) is 14.9 Å². The molecule has 1 amide bonds. The second kappa shape index (κ2) is 12.9. The van der Waals surface area contributed by atoms with E-state index in [0.717, 1.165) is 38.5 Å². The summed E-state index contributed by atoms with van der Waals surface area (Å²) in [5.41, 5.74) is -0.323. The average molecular weight is 615 g/mol. The van der Waals surface area contributed by atoms with Crippen LogP contribution >= 0.6 is 0 Å². The van der Waals surface area contributed by atoms with E-state index < -0.39 is 28.1 Å². The zero-order chi connectivity index (χ0) is 31.2. The monoisotopic (exact) mass is 614 g/mol. The van der Waals surface area contributed by atoms with Gasteiger partial charge in [-0.1, -0.05) is 34.1 Å². The molecule has 0 aromatic heterocycles. The summed E-state index contributed by atoms with van der Waals surface area (Å²) in [6, 6.07) is 0. The Kier molecular flexibility index (Phi) is 10.5. The van der Waals surface area contributed by atoms with Gasteiger partial charge in [-0.25, -0.2) is 0 Å². The molecule has 12 atom stereocenters. The van der Waals surface area contributed by atoms with Gasteiger partial charge in [-0.3, -0.25) is 9.35 Å². The van der Waals surface area contributed by atoms with Crippen molar-refractivity contribution in [3.05, 3.63) is 0 Å². The van der Waals surface area contributed by atoms with Crippen molar-refractivity contribution in [1.29, 1.82) is 0 Å². The van der Waals surface area contributed by atoms with Gasteiger partial charge in [0.2, 0.25) is 5.91 Å². The number of nitrogens with zero attached hydrogens (tertiary/aromatic N) is 2. The van der Waals surface area contributed by atoms with E-state index in [1.54, 1.807) is 4.90 Å². The van der Waals surface area contributed by atoms with E-state index in [1.807, 2.05) is 19.0 Å². The Hall–Kier alpha value is -0.780. The van der Waals surface area contributed by atoms with Crippen LogP contribution in [0.25, 0.3) is 0 Å². The smallest absolute Gasteiger partial charge is 0.266 e. The van der Waals surface area contributed by atoms with E-state index in [2.05, 4.69) is 27.7 Å². The predicted octanol–water partition coefficient (Wildman–Crippen LogP) is 3.28. The molecule has 0 saturated heterocycles. The zero-order valence-corrected chi connectivity index (χ0v) is 27.6. The van der Waals surface area contributed by atoms with Crippen LogP contribution < -0.4 is 0 Å². The van der Waals surface area contributed by atoms with Gasteiger partial charge in [0.25, 0.3) is 10.1 Å². The Morgan fingerprint density at radius 1 is 0.976 bits per heavy atom. The van der Waals surface area contributed by atoms with E-state index in [4.69, 9.17) is 0 Å². The van der Waals surface area contributed by atoms with Crippen molar-refractivity contribution in [3.8, 4) is 0 Å². The molecule has 4 fully saturated rings. The summed E-state index contributed by atoms with van der Waals surface area (Å²) in [6.07, 6.45) is 5.74. The number of fused-ring (bicyclic) bond motifs is 5. The van der Waals surface area contributed by atoms with Crippen molar-refractivity contribution in [2.75, 3.05) is 39.5 Å². The van der Waals surface area contributed by atoms with Crippen LogP contribution in [-0.4, -0.2) is 102 Å². The maximum Gasteiger partial charge on any atom is 0.266 e. The summed E-state index contributed by atoms with van der Waals surface area (Å²) in [5, 5.41) is 34.4. The number of hydrogen-bond acceptors (Lipinski definition) is 7. The molecule has 0 bridgehead atoms. The highest BCUT2D eigenvalue weighted by Crippen LogP contribution is 2.69. The first-order valence-corrected chi connectivity index (χ1v) is 18.1. The number of carbonyl (C=O) groups is 1. The van der Waals surface area contributed by atoms with Crippen molar-refractivity contribution in [3.63, 3.8) is 0 Å². The molecule has 10 heteroatoms. The van der Waals surface area contributed by atoms with Gasteiger partial charge in [0.05, 0.1) is 24.1 Å². The third kappa shape index (κ3) is 6.45. The minimum Gasteiger partial charge on any atom is -0.393 e. The van der Waals surface area contributed by atoms with Gasteiger partial charge in [-0.2, -0.15) is 8.42 Å². The molecule has 0 radical (unpaired) electrons. The molecule has 4 rings (SSSR count). The minimum atomic E-state index is -4.17. The van der Waals surface area contributed by atoms with Gasteiger partial charge >= 0.3 is 0 Å². The first-order valence-electron chi connectivity index (χ1n) is 16.5. The molecule has 4 aliphatic carbocycles. The molecule has 4 aliphatic rings. The summed E-state index contributed by atoms with van der Waals surface area (Å²) in [7, 11) is -0.371. The maximum atomic E-state index is 13.2. The van der Waals surface area contributed by atoms with Crippen LogP contribution in [0.5, 0.6) is 0 Å². The van der Waals surface area contributed by atoms with Gasteiger partial charge < -0.3 is 25.1 Å². The Morgan fingerprint density at radius 3 is 2.29 bits per heavy atom. The van der Waals surface area contributed by atoms with Crippen molar-refractivity contribution in [2.45, 2.75) is 104 Å². The van der Waals surface area contributed by atoms with E-state index in [9.17, 15) is 33.1 Å². The highest BCUT2D eigenvalue weighted by molar-refractivity contribution is 7.85. The van der Waals surface area contributed by atoms with Crippen LogP contribution in [0.4, 0.5) is 0 Å². The average Bonchev–Trinajstić information content (AvgIpc) is 3.26. The Morgan fingerprint density at radius 2 is 1.67 bits per heavy atom. The van der Waals surface area contributed by atoms with Gasteiger partial charge in [0.1, 0.15) is 0 Å². The lowest BCUT2D eigenvalue weighted by molar-refractivity contribution is -0.228. The summed E-state index contributed by atoms with van der Waals surface area (Å²) in [4.78, 5) is 16.7. The zero-order valence-electron chi connectivity index (χ0n) is 26.8. The van der Waals surface area contributed by atoms with Crippen molar-refractivity contribution < 1.29 is 33.1 Å². The molecule has 4 N–H and O–H groups in total. The molecular weight excluding hydrogens is 556 g/mol. The number of aliphatic hydroxyl groups is 3. The fourth-order valence-electron chi connectivity index (χ4n) is 10.5. The van der Waals surface area contributed by atoms with Crippen molar-refractivity contribution in [1.82, 2.24) is 9.80 Å². The lowest BCUT2D eigenvalue weighted by atomic mass is 9.41. The summed E-state index contributed by atoms with van der Waals surface area (Å²) < 4.78 is 32.0. The SMILES string of the molecule is CC[C@H]1[C@@H](O)[C@@H]2[C@H](C[C@H](O)[C@]3(C)[C@@H]([C@H](C)CCC(=O)N(CCN(C)C)CCS(=O)(=O)O)CC[C@@H]23)[C@@]2(C)CC[C@@H](O)C[C@@H]12. The molecule has 0 heterocycles. The first-order chi connectivity index (χ1) is 19.5. The van der Waals surface area contributed by atoms with Crippen LogP contribution in [0, 0.1) is 52.3 Å². The standard InChI is InChI=1S/C32H58N2O7S/c1-7-22-25-18-21(35)12-13-31(25,3)26-19-27(36)32(4)23(9-10-24(32)29(26)30(22)38)20(2)8-11-28(37)34(15-14-33(5)6)16-17-42(39,40)41/h20-27,29-30,35-36,38H,7-19H2,1-6H3,(H,39,40,41)/t20-,21-,22-,23-,24+,25+,26+,27+,29+,30-,31+,32-/m1/s1. The number of hydrogen-bond donors (Lipinski definition) is 4. The first kappa shape index (κ1) is 34.1. The van der Waals surface area contributed by atoms with Crippen LogP contribution in [0.3, 0.4) is 0 Å². The number of aliphatic hydroxyl groups excluding tert-OH is 3. The molecule has 0 aromatic rings. The van der Waals surface area contributed by atoms with Gasteiger partial charge in [0.15, 0.2) is 0 Å². The lowest BCUT2D eigenvalue weighted by Crippen LogP contribution is -2.65. The Bertz CT molecular complexity index is 1060. The summed E-state index contributed by atoms with van der Waals surface area (Å²) >= 11 is 0. The summed E-state index contributed by atoms with van der Waals surface area (Å²) in [5.74, 6) is 0.864. The lowest BCUT2D eigenvalue weighted by Gasteiger charge is -2.65. The second-order valence-electron chi connectivity index (χ2n) is 15.2. The molecule has 0 spiro atoms. The van der Waals surface area contributed by atoms with Crippen LogP contribution in [0.15, 0.2) is 0 Å². The Labute approximate surface area is 254 Å². The third-order valence-electron chi connectivity index (χ3n) is 12.9. The van der Waals surface area contributed by atoms with Crippen molar-refractivity contribution in [2.24, 2.45) is 52.3 Å². The fourth-order valence-corrected chi connectivity index (χ4v) is 11.0. The Balaban J connectivity index is 1.49. The minimum absolute atomic E-state index is 0.0142. The topological polar surface area (TPSA) is 139 Å². The molecule has 0 aliphatic heterocycles. The van der Waals surface area contributed by atoms with Gasteiger partial charge in [-0.15, -0.1) is 0 Å². The van der Waals surface area contributed by atoms with Gasteiger partial charge in [-0.05, 0) is 111 Å². The highest BCUT2D eigenvalue weighted by atomic mass is 32.2. The van der Waals surface area contributed by atoms with E-state index in [1.165, 1.54) is 0 Å². The number of amides is 1. The number of rotatable bonds is 11. The molecular formula is C32H58N2O7S. The van der Waals surface area contributed by atoms with Crippen LogP contribution in [0.1, 0.15) is 85.5 Å². The second-order valence-corrected chi connectivity index (χ2v) is 16.8. The quantitative estimate of drug-likeness (QED) is 0.260. The summed E-state index contributed by atoms with van der Waals surface area (Å²) in [6.45, 7) is 9.92. The molecule has 4 saturated carbocycles. The fraction of sp³-hybridized carbons (Fsp3) is 0.969. The highest BCUT2D eigenvalue weighted by Gasteiger charge is 2.67. The molecule has 0 unspecified atom stereocenters. The number of carbonyl (C=O) groups excluding carboxylic acids is 1. The molecule has 9 nitrogen and oxygen atoms in total. The van der Waals surface area contributed by atoms with Crippen LogP contribution in [0.2, 0.25) is 0 Å². The number of likely N-dealkylation sites (N-methyl/N-ethyl adjacent to an activating group) is 1. The van der Waals surface area contributed by atoms with Crippen molar-refractivity contribution >= 4 is 16.0 Å².